The molecule has 1 saturated heterocycles. The third-order valence-electron chi connectivity index (χ3n) is 6.17. The van der Waals surface area contributed by atoms with E-state index in [9.17, 15) is 4.79 Å². The van der Waals surface area contributed by atoms with Crippen molar-refractivity contribution in [2.75, 3.05) is 13.2 Å². The van der Waals surface area contributed by atoms with E-state index in [0.29, 0.717) is 13.3 Å². The van der Waals surface area contributed by atoms with Gasteiger partial charge >= 0.3 is 6.09 Å². The number of hydrogen-bond donors (Lipinski definition) is 1. The molecular formula is C26H37BrN4O3Si. The lowest BCUT2D eigenvalue weighted by atomic mass is 10.1. The maximum absolute atomic E-state index is 12.8. The predicted octanol–water partition coefficient (Wildman–Crippen LogP) is 7.18. The zero-order chi connectivity index (χ0) is 25.4. The van der Waals surface area contributed by atoms with Crippen LogP contribution in [0.15, 0.2) is 35.1 Å². The van der Waals surface area contributed by atoms with Gasteiger partial charge in [-0.2, -0.15) is 0 Å². The fourth-order valence-corrected chi connectivity index (χ4v) is 5.59. The van der Waals surface area contributed by atoms with Crippen LogP contribution in [0.2, 0.25) is 25.7 Å². The zero-order valence-corrected chi connectivity index (χ0v) is 24.2. The van der Waals surface area contributed by atoms with Gasteiger partial charge in [0.1, 0.15) is 18.2 Å². The van der Waals surface area contributed by atoms with Gasteiger partial charge in [-0.05, 0) is 57.9 Å². The number of aromatic amines is 1. The number of likely N-dealkylation sites (tertiary alicyclic amines) is 1. The van der Waals surface area contributed by atoms with Gasteiger partial charge in [-0.3, -0.25) is 4.90 Å². The summed E-state index contributed by atoms with van der Waals surface area (Å²) in [5, 5.41) is 1.12. The molecule has 2 aromatic heterocycles. The largest absolute Gasteiger partial charge is 0.444 e. The molecule has 0 spiro atoms. The van der Waals surface area contributed by atoms with Gasteiger partial charge in [-0.15, -0.1) is 0 Å². The molecule has 0 aliphatic carbocycles. The highest BCUT2D eigenvalue weighted by Gasteiger charge is 2.35. The Labute approximate surface area is 217 Å². The minimum Gasteiger partial charge on any atom is -0.444 e. The number of halogens is 1. The Balaban J connectivity index is 1.59. The highest BCUT2D eigenvalue weighted by molar-refractivity contribution is 9.10. The summed E-state index contributed by atoms with van der Waals surface area (Å²) < 4.78 is 14.9. The summed E-state index contributed by atoms with van der Waals surface area (Å²) in [5.41, 5.74) is 2.45. The first kappa shape index (κ1) is 26.0. The Hall–Kier alpha value is -2.10. The molecule has 1 aromatic carbocycles. The van der Waals surface area contributed by atoms with Crippen molar-refractivity contribution in [2.24, 2.45) is 0 Å². The van der Waals surface area contributed by atoms with Crippen LogP contribution in [0.4, 0.5) is 4.79 Å². The third-order valence-corrected chi connectivity index (χ3v) is 8.56. The molecule has 35 heavy (non-hydrogen) atoms. The molecule has 0 saturated carbocycles. The minimum absolute atomic E-state index is 0.110. The van der Waals surface area contributed by atoms with Crippen LogP contribution in [0.3, 0.4) is 0 Å². The standard InChI is InChI=1S/C26H37BrN4O3Si/c1-26(2,3)34-25(32)31-12-7-8-22(31)24-28-16-21(29-24)19-9-10-20(27)18-11-13-30(23(18)19)17-33-14-15-35(4,5)6/h9-11,13,16,22H,7-8,12,14-15,17H2,1-6H3,(H,28,29)/t22-/m0/s1. The first-order valence-electron chi connectivity index (χ1n) is 12.3. The fraction of sp³-hybridized carbons (Fsp3) is 0.538. The maximum Gasteiger partial charge on any atom is 0.410 e. The molecule has 9 heteroatoms. The fourth-order valence-electron chi connectivity index (χ4n) is 4.38. The number of aromatic nitrogens is 3. The Morgan fingerprint density at radius 2 is 2.03 bits per heavy atom. The van der Waals surface area contributed by atoms with E-state index in [1.54, 1.807) is 4.90 Å². The topological polar surface area (TPSA) is 72.4 Å². The smallest absolute Gasteiger partial charge is 0.410 e. The number of nitrogens with one attached hydrogen (secondary N) is 1. The molecule has 0 unspecified atom stereocenters. The van der Waals surface area contributed by atoms with Crippen LogP contribution in [-0.2, 0) is 16.2 Å². The van der Waals surface area contributed by atoms with Crippen molar-refractivity contribution in [3.05, 3.63) is 40.9 Å². The van der Waals surface area contributed by atoms with Gasteiger partial charge in [0.15, 0.2) is 0 Å². The van der Waals surface area contributed by atoms with Gasteiger partial charge in [-0.1, -0.05) is 35.6 Å². The van der Waals surface area contributed by atoms with Crippen LogP contribution in [0.25, 0.3) is 22.2 Å². The van der Waals surface area contributed by atoms with Crippen LogP contribution in [-0.4, -0.2) is 52.4 Å². The predicted molar refractivity (Wildman–Crippen MR) is 146 cm³/mol. The summed E-state index contributed by atoms with van der Waals surface area (Å²) in [6, 6.07) is 7.29. The molecule has 1 aliphatic rings. The van der Waals surface area contributed by atoms with Crippen molar-refractivity contribution in [3.63, 3.8) is 0 Å². The molecule has 0 radical (unpaired) electrons. The second-order valence-corrected chi connectivity index (χ2v) is 18.0. The van der Waals surface area contributed by atoms with Crippen LogP contribution in [0, 0.1) is 0 Å². The van der Waals surface area contributed by atoms with E-state index in [1.807, 2.05) is 27.0 Å². The van der Waals surface area contributed by atoms with E-state index < -0.39 is 13.7 Å². The number of benzene rings is 1. The van der Waals surface area contributed by atoms with Crippen LogP contribution >= 0.6 is 15.9 Å². The Kier molecular flexibility index (Phi) is 7.50. The van der Waals surface area contributed by atoms with Crippen molar-refractivity contribution in [3.8, 4) is 11.3 Å². The molecule has 1 atom stereocenters. The number of imidazole rings is 1. The molecule has 3 aromatic rings. The molecule has 190 valence electrons. The molecule has 4 rings (SSSR count). The monoisotopic (exact) mass is 560 g/mol. The SMILES string of the molecule is CC(C)(C)OC(=O)N1CCC[C@H]1c1nc(-c2ccc(Br)c3ccn(COCC[Si](C)(C)C)c23)c[nH]1. The first-order valence-corrected chi connectivity index (χ1v) is 16.8. The number of H-pyrrole nitrogens is 1. The van der Waals surface area contributed by atoms with Crippen LogP contribution in [0.1, 0.15) is 45.5 Å². The normalized spacial score (nSPS) is 16.9. The van der Waals surface area contributed by atoms with Gasteiger partial charge in [0.2, 0.25) is 0 Å². The molecule has 1 N–H and O–H groups in total. The van der Waals surface area contributed by atoms with Gasteiger partial charge in [0, 0.05) is 49.0 Å². The van der Waals surface area contributed by atoms with Crippen molar-refractivity contribution in [1.29, 1.82) is 0 Å². The van der Waals surface area contributed by atoms with Crippen LogP contribution in [0.5, 0.6) is 0 Å². The van der Waals surface area contributed by atoms with Crippen molar-refractivity contribution >= 4 is 41.0 Å². The molecule has 1 fully saturated rings. The number of amides is 1. The van der Waals surface area contributed by atoms with Gasteiger partial charge in [0.05, 0.1) is 17.3 Å². The van der Waals surface area contributed by atoms with E-state index >= 15 is 0 Å². The summed E-state index contributed by atoms with van der Waals surface area (Å²) in [4.78, 5) is 22.9. The molecule has 7 nitrogen and oxygen atoms in total. The van der Waals surface area contributed by atoms with Crippen molar-refractivity contribution in [2.45, 2.75) is 77.7 Å². The molecule has 1 amide bonds. The quantitative estimate of drug-likeness (QED) is 0.245. The first-order chi connectivity index (χ1) is 16.4. The average molecular weight is 562 g/mol. The Morgan fingerprint density at radius 1 is 1.26 bits per heavy atom. The summed E-state index contributed by atoms with van der Waals surface area (Å²) in [5.74, 6) is 0.795. The van der Waals surface area contributed by atoms with Gasteiger partial charge in [0.25, 0.3) is 0 Å². The number of nitrogens with zero attached hydrogens (tertiary/aromatic N) is 3. The lowest BCUT2D eigenvalue weighted by molar-refractivity contribution is 0.0218. The number of ether oxygens (including phenoxy) is 2. The number of hydrogen-bond acceptors (Lipinski definition) is 4. The van der Waals surface area contributed by atoms with Crippen molar-refractivity contribution in [1.82, 2.24) is 19.4 Å². The second-order valence-electron chi connectivity index (χ2n) is 11.5. The van der Waals surface area contributed by atoms with Crippen molar-refractivity contribution < 1.29 is 14.3 Å². The van der Waals surface area contributed by atoms with E-state index in [-0.39, 0.29) is 12.1 Å². The number of rotatable bonds is 7. The van der Waals surface area contributed by atoms with E-state index in [2.05, 4.69) is 69.5 Å². The summed E-state index contributed by atoms with van der Waals surface area (Å²) in [6.45, 7) is 14.7. The highest BCUT2D eigenvalue weighted by Crippen LogP contribution is 2.36. The summed E-state index contributed by atoms with van der Waals surface area (Å²) in [7, 11) is -1.14. The van der Waals surface area contributed by atoms with Crippen LogP contribution < -0.4 is 0 Å². The molecule has 0 bridgehead atoms. The average Bonchev–Trinajstić information content (AvgIpc) is 3.48. The molecule has 1 aliphatic heterocycles. The Morgan fingerprint density at radius 3 is 2.74 bits per heavy atom. The zero-order valence-electron chi connectivity index (χ0n) is 21.7. The second kappa shape index (κ2) is 10.1. The van der Waals surface area contributed by atoms with E-state index in [1.165, 1.54) is 0 Å². The highest BCUT2D eigenvalue weighted by atomic mass is 79.9. The third kappa shape index (κ3) is 6.18. The minimum atomic E-state index is -1.14. The lowest BCUT2D eigenvalue weighted by Gasteiger charge is -2.27. The number of fused-ring (bicyclic) bond motifs is 1. The maximum atomic E-state index is 12.8. The van der Waals surface area contributed by atoms with E-state index in [0.717, 1.165) is 58.0 Å². The lowest BCUT2D eigenvalue weighted by Crippen LogP contribution is -2.36. The Bertz CT molecular complexity index is 1190. The van der Waals surface area contributed by atoms with E-state index in [4.69, 9.17) is 14.5 Å². The molecule has 3 heterocycles. The summed E-state index contributed by atoms with van der Waals surface area (Å²) >= 11 is 3.70. The summed E-state index contributed by atoms with van der Waals surface area (Å²) in [6.07, 6.45) is 5.52. The number of carbonyl (C=O) groups is 1. The molecular weight excluding hydrogens is 524 g/mol. The van der Waals surface area contributed by atoms with Gasteiger partial charge < -0.3 is 19.0 Å². The van der Waals surface area contributed by atoms with Gasteiger partial charge in [-0.25, -0.2) is 9.78 Å². The number of carbonyl (C=O) groups excluding carboxylic acids is 1.